The number of benzene rings is 2. The molecule has 1 aliphatic carbocycles. The van der Waals surface area contributed by atoms with Crippen LogP contribution < -0.4 is 0 Å². The fraction of sp³-hybridized carbons (Fsp3) is 0.381. The summed E-state index contributed by atoms with van der Waals surface area (Å²) in [4.78, 5) is 10.9. The van der Waals surface area contributed by atoms with Gasteiger partial charge < -0.3 is 5.11 Å². The van der Waals surface area contributed by atoms with Gasteiger partial charge in [0, 0.05) is 17.5 Å². The van der Waals surface area contributed by atoms with E-state index in [4.69, 9.17) is 16.7 Å². The highest BCUT2D eigenvalue weighted by Crippen LogP contribution is 2.49. The SMILES string of the molecule is O=C(O)CCC1CCC(c2cc(F)cc(F)c2)(S(=O)(=O)c2ccc(Cl)cc2)CC1. The Hall–Kier alpha value is -1.99. The zero-order valence-corrected chi connectivity index (χ0v) is 17.1. The monoisotopic (exact) mass is 442 g/mol. The Bertz CT molecular complexity index is 978. The Morgan fingerprint density at radius 2 is 1.62 bits per heavy atom. The van der Waals surface area contributed by atoms with E-state index in [1.54, 1.807) is 0 Å². The van der Waals surface area contributed by atoms with Crippen LogP contribution in [0.5, 0.6) is 0 Å². The summed E-state index contributed by atoms with van der Waals surface area (Å²) in [7, 11) is -3.99. The number of carbonyl (C=O) groups is 1. The first-order valence-corrected chi connectivity index (χ1v) is 11.2. The van der Waals surface area contributed by atoms with Crippen molar-refractivity contribution in [3.8, 4) is 0 Å². The molecule has 0 radical (unpaired) electrons. The largest absolute Gasteiger partial charge is 0.481 e. The van der Waals surface area contributed by atoms with Gasteiger partial charge in [-0.1, -0.05) is 11.6 Å². The summed E-state index contributed by atoms with van der Waals surface area (Å²) in [6, 6.07) is 8.59. The third-order valence-electron chi connectivity index (χ3n) is 5.71. The Labute approximate surface area is 173 Å². The zero-order valence-electron chi connectivity index (χ0n) is 15.6. The van der Waals surface area contributed by atoms with Crippen molar-refractivity contribution in [2.75, 3.05) is 0 Å². The van der Waals surface area contributed by atoms with E-state index in [0.29, 0.717) is 30.4 Å². The minimum atomic E-state index is -3.99. The molecule has 1 saturated carbocycles. The third kappa shape index (κ3) is 4.46. The van der Waals surface area contributed by atoms with Crippen LogP contribution in [0.1, 0.15) is 44.1 Å². The maximum absolute atomic E-state index is 14.0. The maximum atomic E-state index is 14.0. The molecule has 1 fully saturated rings. The van der Waals surface area contributed by atoms with Gasteiger partial charge in [0.25, 0.3) is 0 Å². The van der Waals surface area contributed by atoms with Crippen molar-refractivity contribution in [1.82, 2.24) is 0 Å². The van der Waals surface area contributed by atoms with Gasteiger partial charge in [0.2, 0.25) is 0 Å². The molecule has 4 nitrogen and oxygen atoms in total. The van der Waals surface area contributed by atoms with Crippen LogP contribution in [-0.4, -0.2) is 19.5 Å². The summed E-state index contributed by atoms with van der Waals surface area (Å²) in [5.74, 6) is -2.52. The highest BCUT2D eigenvalue weighted by molar-refractivity contribution is 7.92. The lowest BCUT2D eigenvalue weighted by molar-refractivity contribution is -0.137. The quantitative estimate of drug-likeness (QED) is 0.655. The van der Waals surface area contributed by atoms with Gasteiger partial charge >= 0.3 is 5.97 Å². The molecule has 8 heteroatoms. The summed E-state index contributed by atoms with van der Waals surface area (Å²) in [5.41, 5.74) is 0.0848. The van der Waals surface area contributed by atoms with E-state index in [1.807, 2.05) is 0 Å². The molecule has 0 aromatic heterocycles. The number of hydrogen-bond donors (Lipinski definition) is 1. The van der Waals surface area contributed by atoms with Crippen LogP contribution in [0, 0.1) is 17.6 Å². The molecule has 0 bridgehead atoms. The predicted octanol–water partition coefficient (Wildman–Crippen LogP) is 5.34. The van der Waals surface area contributed by atoms with E-state index < -0.39 is 32.2 Å². The van der Waals surface area contributed by atoms with Gasteiger partial charge in [-0.25, -0.2) is 17.2 Å². The lowest BCUT2D eigenvalue weighted by atomic mass is 9.76. The average molecular weight is 443 g/mol. The maximum Gasteiger partial charge on any atom is 0.303 e. The van der Waals surface area contributed by atoms with Gasteiger partial charge in [-0.15, -0.1) is 0 Å². The number of carboxylic acids is 1. The second kappa shape index (κ2) is 8.40. The van der Waals surface area contributed by atoms with Crippen LogP contribution in [-0.2, 0) is 19.4 Å². The number of aliphatic carboxylic acids is 1. The molecule has 2 aromatic rings. The van der Waals surface area contributed by atoms with E-state index in [1.165, 1.54) is 24.3 Å². The van der Waals surface area contributed by atoms with Gasteiger partial charge in [0.05, 0.1) is 4.90 Å². The number of hydrogen-bond acceptors (Lipinski definition) is 3. The molecule has 0 saturated heterocycles. The molecule has 29 heavy (non-hydrogen) atoms. The molecule has 1 aliphatic rings. The van der Waals surface area contributed by atoms with Crippen molar-refractivity contribution in [1.29, 1.82) is 0 Å². The van der Waals surface area contributed by atoms with Crippen molar-refractivity contribution < 1.29 is 27.1 Å². The Kier molecular flexibility index (Phi) is 6.29. The fourth-order valence-corrected chi connectivity index (χ4v) is 6.40. The second-order valence-electron chi connectivity index (χ2n) is 7.49. The molecule has 0 heterocycles. The molecule has 2 aromatic carbocycles. The number of rotatable bonds is 6. The third-order valence-corrected chi connectivity index (χ3v) is 8.52. The van der Waals surface area contributed by atoms with E-state index in [9.17, 15) is 22.0 Å². The van der Waals surface area contributed by atoms with Crippen LogP contribution in [0.4, 0.5) is 8.78 Å². The van der Waals surface area contributed by atoms with Crippen molar-refractivity contribution in [3.05, 3.63) is 64.7 Å². The van der Waals surface area contributed by atoms with Gasteiger partial charge in [-0.05, 0) is 80.0 Å². The van der Waals surface area contributed by atoms with Crippen molar-refractivity contribution in [3.63, 3.8) is 0 Å². The lowest BCUT2D eigenvalue weighted by Gasteiger charge is -2.40. The topological polar surface area (TPSA) is 71.4 Å². The van der Waals surface area contributed by atoms with Crippen molar-refractivity contribution in [2.24, 2.45) is 5.92 Å². The summed E-state index contributed by atoms with van der Waals surface area (Å²) in [6.45, 7) is 0. The Balaban J connectivity index is 2.04. The molecular weight excluding hydrogens is 422 g/mol. The summed E-state index contributed by atoms with van der Waals surface area (Å²) >= 11 is 5.88. The normalized spacial score (nSPS) is 22.4. The molecule has 156 valence electrons. The van der Waals surface area contributed by atoms with E-state index in [0.717, 1.165) is 12.1 Å². The fourth-order valence-electron chi connectivity index (χ4n) is 4.13. The first-order chi connectivity index (χ1) is 13.6. The van der Waals surface area contributed by atoms with Crippen molar-refractivity contribution in [2.45, 2.75) is 48.2 Å². The van der Waals surface area contributed by atoms with Crippen LogP contribution in [0.2, 0.25) is 5.02 Å². The van der Waals surface area contributed by atoms with Crippen molar-refractivity contribution >= 4 is 27.4 Å². The number of carboxylic acid groups (broad SMARTS) is 1. The Morgan fingerprint density at radius 1 is 1.07 bits per heavy atom. The van der Waals surface area contributed by atoms with Crippen LogP contribution in [0.3, 0.4) is 0 Å². The van der Waals surface area contributed by atoms with E-state index >= 15 is 0 Å². The molecule has 0 amide bonds. The molecule has 3 rings (SSSR count). The molecule has 0 aliphatic heterocycles. The molecule has 0 spiro atoms. The Morgan fingerprint density at radius 3 is 2.14 bits per heavy atom. The molecule has 0 unspecified atom stereocenters. The van der Waals surface area contributed by atoms with E-state index in [2.05, 4.69) is 0 Å². The molecular formula is C21H21ClF2O4S. The number of halogens is 3. The highest BCUT2D eigenvalue weighted by Gasteiger charge is 2.48. The average Bonchev–Trinajstić information content (AvgIpc) is 2.66. The standard InChI is InChI=1S/C21H21ClF2O4S/c22-16-2-4-19(5-3-16)29(27,28)21(15-11-17(23)13-18(24)12-15)9-7-14(8-10-21)1-6-20(25)26/h2-5,11-14H,1,6-10H2,(H,25,26). The zero-order chi connectivity index (χ0) is 21.2. The summed E-state index contributed by atoms with van der Waals surface area (Å²) < 4.78 is 53.7. The van der Waals surface area contributed by atoms with Crippen LogP contribution in [0.25, 0.3) is 0 Å². The number of sulfone groups is 1. The predicted molar refractivity (Wildman–Crippen MR) is 106 cm³/mol. The van der Waals surface area contributed by atoms with Crippen LogP contribution >= 0.6 is 11.6 Å². The molecule has 1 N–H and O–H groups in total. The summed E-state index contributed by atoms with van der Waals surface area (Å²) in [6.07, 6.45) is 1.69. The smallest absolute Gasteiger partial charge is 0.303 e. The van der Waals surface area contributed by atoms with Gasteiger partial charge in [-0.3, -0.25) is 4.79 Å². The van der Waals surface area contributed by atoms with Crippen LogP contribution in [0.15, 0.2) is 47.4 Å². The lowest BCUT2D eigenvalue weighted by Crippen LogP contribution is -2.40. The van der Waals surface area contributed by atoms with Gasteiger partial charge in [0.1, 0.15) is 16.4 Å². The second-order valence-corrected chi connectivity index (χ2v) is 10.2. The van der Waals surface area contributed by atoms with E-state index in [-0.39, 0.29) is 35.6 Å². The molecule has 0 atom stereocenters. The summed E-state index contributed by atoms with van der Waals surface area (Å²) in [5, 5.41) is 9.28. The van der Waals surface area contributed by atoms with Gasteiger partial charge in [-0.2, -0.15) is 0 Å². The highest BCUT2D eigenvalue weighted by atomic mass is 35.5. The minimum Gasteiger partial charge on any atom is -0.481 e. The first-order valence-electron chi connectivity index (χ1n) is 9.33. The van der Waals surface area contributed by atoms with Gasteiger partial charge in [0.15, 0.2) is 9.84 Å². The minimum absolute atomic E-state index is 0.0101. The first kappa shape index (κ1) is 21.7.